The van der Waals surface area contributed by atoms with E-state index in [1.165, 1.54) is 19.3 Å². The molecule has 0 radical (unpaired) electrons. The lowest BCUT2D eigenvalue weighted by molar-refractivity contribution is -0.123. The fraction of sp³-hybridized carbons (Fsp3) is 0.714. The highest BCUT2D eigenvalue weighted by Gasteiger charge is 2.25. The summed E-state index contributed by atoms with van der Waals surface area (Å²) < 4.78 is 1.94. The first kappa shape index (κ1) is 12.3. The molecule has 0 aromatic carbocycles. The standard InChI is InChI=1S/C14H22N2O/c1-3-11-4-6-12(7-5-11)13(17)10-14-15-8-9-16(14)2/h8-9,11-12H,3-7,10H2,1-2H3. The molecule has 0 saturated heterocycles. The molecule has 94 valence electrons. The van der Waals surface area contributed by atoms with Gasteiger partial charge in [-0.2, -0.15) is 0 Å². The van der Waals surface area contributed by atoms with Crippen LogP contribution in [0.1, 0.15) is 44.9 Å². The monoisotopic (exact) mass is 234 g/mol. The quantitative estimate of drug-likeness (QED) is 0.803. The molecule has 17 heavy (non-hydrogen) atoms. The van der Waals surface area contributed by atoms with E-state index in [1.54, 1.807) is 6.20 Å². The van der Waals surface area contributed by atoms with Crippen molar-refractivity contribution in [3.8, 4) is 0 Å². The van der Waals surface area contributed by atoms with Gasteiger partial charge in [-0.3, -0.25) is 4.79 Å². The van der Waals surface area contributed by atoms with Crippen molar-refractivity contribution in [1.82, 2.24) is 9.55 Å². The molecule has 1 heterocycles. The summed E-state index contributed by atoms with van der Waals surface area (Å²) in [5.74, 6) is 2.42. The Morgan fingerprint density at radius 3 is 2.65 bits per heavy atom. The predicted octanol–water partition coefficient (Wildman–Crippen LogP) is 2.75. The number of carbonyl (C=O) groups excluding carboxylic acids is 1. The molecule has 0 unspecified atom stereocenters. The van der Waals surface area contributed by atoms with Crippen LogP contribution in [0.3, 0.4) is 0 Å². The van der Waals surface area contributed by atoms with E-state index in [1.807, 2.05) is 17.8 Å². The van der Waals surface area contributed by atoms with E-state index < -0.39 is 0 Å². The van der Waals surface area contributed by atoms with E-state index in [-0.39, 0.29) is 5.92 Å². The number of nitrogens with zero attached hydrogens (tertiary/aromatic N) is 2. The summed E-state index contributed by atoms with van der Waals surface area (Å²) in [6.07, 6.45) is 10.1. The smallest absolute Gasteiger partial charge is 0.143 e. The van der Waals surface area contributed by atoms with Crippen molar-refractivity contribution < 1.29 is 4.79 Å². The van der Waals surface area contributed by atoms with Crippen LogP contribution in [0.15, 0.2) is 12.4 Å². The second-order valence-electron chi connectivity index (χ2n) is 5.22. The van der Waals surface area contributed by atoms with E-state index in [2.05, 4.69) is 11.9 Å². The second kappa shape index (κ2) is 5.48. The van der Waals surface area contributed by atoms with Crippen LogP contribution in [0, 0.1) is 11.8 Å². The van der Waals surface area contributed by atoms with Crippen molar-refractivity contribution in [2.75, 3.05) is 0 Å². The number of aryl methyl sites for hydroxylation is 1. The molecule has 1 aliphatic rings. The van der Waals surface area contributed by atoms with Crippen molar-refractivity contribution in [2.24, 2.45) is 18.9 Å². The van der Waals surface area contributed by atoms with Gasteiger partial charge in [0.15, 0.2) is 0 Å². The van der Waals surface area contributed by atoms with Crippen LogP contribution in [-0.4, -0.2) is 15.3 Å². The zero-order valence-electron chi connectivity index (χ0n) is 10.9. The van der Waals surface area contributed by atoms with Crippen LogP contribution in [0.25, 0.3) is 0 Å². The molecule has 1 saturated carbocycles. The van der Waals surface area contributed by atoms with Crippen molar-refractivity contribution >= 4 is 5.78 Å². The van der Waals surface area contributed by atoms with E-state index >= 15 is 0 Å². The molecule has 0 aliphatic heterocycles. The van der Waals surface area contributed by atoms with Gasteiger partial charge in [0, 0.05) is 25.4 Å². The summed E-state index contributed by atoms with van der Waals surface area (Å²) >= 11 is 0. The zero-order chi connectivity index (χ0) is 12.3. The molecule has 1 fully saturated rings. The van der Waals surface area contributed by atoms with Crippen molar-refractivity contribution in [2.45, 2.75) is 45.4 Å². The molecule has 3 nitrogen and oxygen atoms in total. The Balaban J connectivity index is 1.87. The number of rotatable bonds is 4. The average molecular weight is 234 g/mol. The number of imidazole rings is 1. The Kier molecular flexibility index (Phi) is 3.97. The second-order valence-corrected chi connectivity index (χ2v) is 5.22. The van der Waals surface area contributed by atoms with Gasteiger partial charge in [0.05, 0.1) is 6.42 Å². The third-order valence-corrected chi connectivity index (χ3v) is 4.13. The van der Waals surface area contributed by atoms with Gasteiger partial charge in [-0.15, -0.1) is 0 Å². The van der Waals surface area contributed by atoms with Crippen LogP contribution < -0.4 is 0 Å². The molecule has 0 bridgehead atoms. The number of carbonyl (C=O) groups is 1. The number of hydrogen-bond acceptors (Lipinski definition) is 2. The highest BCUT2D eigenvalue weighted by Crippen LogP contribution is 2.31. The summed E-state index contributed by atoms with van der Waals surface area (Å²) in [4.78, 5) is 16.4. The number of ketones is 1. The van der Waals surface area contributed by atoms with E-state index in [0.29, 0.717) is 12.2 Å². The normalized spacial score (nSPS) is 24.8. The largest absolute Gasteiger partial charge is 0.338 e. The van der Waals surface area contributed by atoms with Gasteiger partial charge in [-0.25, -0.2) is 4.98 Å². The lowest BCUT2D eigenvalue weighted by Crippen LogP contribution is -2.24. The maximum atomic E-state index is 12.2. The van der Waals surface area contributed by atoms with Gasteiger partial charge in [0.2, 0.25) is 0 Å². The molecular formula is C14H22N2O. The predicted molar refractivity (Wildman–Crippen MR) is 67.7 cm³/mol. The molecule has 3 heteroatoms. The summed E-state index contributed by atoms with van der Waals surface area (Å²) in [6.45, 7) is 2.25. The SMILES string of the molecule is CCC1CCC(C(=O)Cc2nccn2C)CC1. The fourth-order valence-corrected chi connectivity index (χ4v) is 2.76. The molecule has 2 rings (SSSR count). The van der Waals surface area contributed by atoms with Crippen LogP contribution in [0.4, 0.5) is 0 Å². The highest BCUT2D eigenvalue weighted by atomic mass is 16.1. The summed E-state index contributed by atoms with van der Waals surface area (Å²) in [5, 5.41) is 0. The molecule has 1 aromatic heterocycles. The molecular weight excluding hydrogens is 212 g/mol. The van der Waals surface area contributed by atoms with Crippen molar-refractivity contribution in [1.29, 1.82) is 0 Å². The lowest BCUT2D eigenvalue weighted by atomic mass is 9.78. The summed E-state index contributed by atoms with van der Waals surface area (Å²) in [5.41, 5.74) is 0. The Labute approximate surface area is 103 Å². The minimum absolute atomic E-state index is 0.287. The maximum absolute atomic E-state index is 12.2. The van der Waals surface area contributed by atoms with E-state index in [9.17, 15) is 4.79 Å². The molecule has 0 amide bonds. The van der Waals surface area contributed by atoms with Gasteiger partial charge in [0.1, 0.15) is 11.6 Å². The number of Topliss-reactive ketones (excluding diaryl/α,β-unsaturated/α-hetero) is 1. The Morgan fingerprint density at radius 2 is 2.12 bits per heavy atom. The Morgan fingerprint density at radius 1 is 1.41 bits per heavy atom. The van der Waals surface area contributed by atoms with Crippen LogP contribution in [0.5, 0.6) is 0 Å². The van der Waals surface area contributed by atoms with Gasteiger partial charge in [-0.1, -0.05) is 13.3 Å². The topological polar surface area (TPSA) is 34.9 Å². The summed E-state index contributed by atoms with van der Waals surface area (Å²) in [7, 11) is 1.95. The third kappa shape index (κ3) is 2.96. The van der Waals surface area contributed by atoms with Crippen molar-refractivity contribution in [3.05, 3.63) is 18.2 Å². The third-order valence-electron chi connectivity index (χ3n) is 4.13. The van der Waals surface area contributed by atoms with E-state index in [4.69, 9.17) is 0 Å². The molecule has 0 atom stereocenters. The minimum atomic E-state index is 0.287. The number of hydrogen-bond donors (Lipinski definition) is 0. The molecule has 0 spiro atoms. The Bertz CT molecular complexity index is 375. The van der Waals surface area contributed by atoms with Gasteiger partial charge < -0.3 is 4.57 Å². The first-order valence-corrected chi connectivity index (χ1v) is 6.69. The highest BCUT2D eigenvalue weighted by molar-refractivity contribution is 5.82. The van der Waals surface area contributed by atoms with Crippen LogP contribution in [0.2, 0.25) is 0 Å². The first-order chi connectivity index (χ1) is 8.20. The minimum Gasteiger partial charge on any atom is -0.338 e. The average Bonchev–Trinajstić information content (AvgIpc) is 2.75. The van der Waals surface area contributed by atoms with Gasteiger partial charge in [0.25, 0.3) is 0 Å². The van der Waals surface area contributed by atoms with Crippen LogP contribution >= 0.6 is 0 Å². The maximum Gasteiger partial charge on any atom is 0.143 e. The zero-order valence-corrected chi connectivity index (χ0v) is 10.9. The lowest BCUT2D eigenvalue weighted by Gasteiger charge is -2.26. The van der Waals surface area contributed by atoms with E-state index in [0.717, 1.165) is 24.6 Å². The van der Waals surface area contributed by atoms with Gasteiger partial charge in [-0.05, 0) is 31.6 Å². The number of aromatic nitrogens is 2. The summed E-state index contributed by atoms with van der Waals surface area (Å²) in [6, 6.07) is 0. The van der Waals surface area contributed by atoms with Crippen LogP contribution in [-0.2, 0) is 18.3 Å². The Hall–Kier alpha value is -1.12. The van der Waals surface area contributed by atoms with Crippen molar-refractivity contribution in [3.63, 3.8) is 0 Å². The fourth-order valence-electron chi connectivity index (χ4n) is 2.76. The molecule has 1 aliphatic carbocycles. The van der Waals surface area contributed by atoms with Gasteiger partial charge >= 0.3 is 0 Å². The molecule has 1 aromatic rings. The first-order valence-electron chi connectivity index (χ1n) is 6.69. The molecule has 0 N–H and O–H groups in total.